The van der Waals surface area contributed by atoms with E-state index in [1.165, 1.54) is 0 Å². The third kappa shape index (κ3) is 4.72. The number of aryl methyl sites for hydroxylation is 1. The highest BCUT2D eigenvalue weighted by molar-refractivity contribution is 6.31. The summed E-state index contributed by atoms with van der Waals surface area (Å²) in [5.41, 5.74) is 2.83. The summed E-state index contributed by atoms with van der Waals surface area (Å²) in [6.45, 7) is 1.98. The van der Waals surface area contributed by atoms with Crippen LogP contribution in [0.1, 0.15) is 15.9 Å². The molecule has 0 saturated heterocycles. The van der Waals surface area contributed by atoms with E-state index in [9.17, 15) is 9.59 Å². The minimum atomic E-state index is -0.199. The molecule has 0 aliphatic carbocycles. The molecule has 0 atom stereocenters. The molecule has 2 rings (SSSR count). The molecule has 0 fully saturated rings. The normalized spacial score (nSPS) is 10.0. The second-order valence-electron chi connectivity index (χ2n) is 5.03. The SMILES string of the molecule is CNC(=O)c1cccc(NCC(=O)Nc2ccc(C)c(Cl)c2)c1. The number of halogens is 1. The van der Waals surface area contributed by atoms with Crippen molar-refractivity contribution in [3.8, 4) is 0 Å². The number of hydrogen-bond donors (Lipinski definition) is 3. The molecule has 3 N–H and O–H groups in total. The van der Waals surface area contributed by atoms with Crippen molar-refractivity contribution in [3.05, 3.63) is 58.6 Å². The lowest BCUT2D eigenvalue weighted by molar-refractivity contribution is -0.114. The summed E-state index contributed by atoms with van der Waals surface area (Å²) in [6, 6.07) is 12.3. The zero-order valence-corrected chi connectivity index (χ0v) is 13.7. The van der Waals surface area contributed by atoms with Crippen LogP contribution >= 0.6 is 11.6 Å². The quantitative estimate of drug-likeness (QED) is 0.788. The Balaban J connectivity index is 1.94. The first-order chi connectivity index (χ1) is 11.0. The minimum Gasteiger partial charge on any atom is -0.376 e. The van der Waals surface area contributed by atoms with E-state index in [2.05, 4.69) is 16.0 Å². The summed E-state index contributed by atoms with van der Waals surface area (Å²) >= 11 is 6.03. The van der Waals surface area contributed by atoms with Gasteiger partial charge in [-0.2, -0.15) is 0 Å². The summed E-state index contributed by atoms with van der Waals surface area (Å²) in [5.74, 6) is -0.373. The largest absolute Gasteiger partial charge is 0.376 e. The van der Waals surface area contributed by atoms with Crippen LogP contribution in [0.4, 0.5) is 11.4 Å². The molecule has 0 bridgehead atoms. The smallest absolute Gasteiger partial charge is 0.251 e. The molecule has 0 aliphatic rings. The summed E-state index contributed by atoms with van der Waals surface area (Å²) in [6.07, 6.45) is 0. The third-order valence-corrected chi connectivity index (χ3v) is 3.67. The van der Waals surface area contributed by atoms with Gasteiger partial charge in [0.05, 0.1) is 6.54 Å². The number of hydrogen-bond acceptors (Lipinski definition) is 3. The second-order valence-corrected chi connectivity index (χ2v) is 5.43. The summed E-state index contributed by atoms with van der Waals surface area (Å²) < 4.78 is 0. The van der Waals surface area contributed by atoms with Crippen LogP contribution in [0.2, 0.25) is 5.02 Å². The van der Waals surface area contributed by atoms with Crippen LogP contribution in [0, 0.1) is 6.92 Å². The average molecular weight is 332 g/mol. The second kappa shape index (κ2) is 7.65. The fourth-order valence-corrected chi connectivity index (χ4v) is 2.15. The van der Waals surface area contributed by atoms with Gasteiger partial charge in [0.15, 0.2) is 0 Å². The number of anilines is 2. The Hall–Kier alpha value is -2.53. The van der Waals surface area contributed by atoms with Crippen LogP contribution in [0.5, 0.6) is 0 Å². The average Bonchev–Trinajstić information content (AvgIpc) is 2.56. The molecule has 2 amide bonds. The van der Waals surface area contributed by atoms with E-state index in [0.717, 1.165) is 5.56 Å². The van der Waals surface area contributed by atoms with Gasteiger partial charge in [0.1, 0.15) is 0 Å². The molecule has 0 aromatic heterocycles. The topological polar surface area (TPSA) is 70.2 Å². The van der Waals surface area contributed by atoms with E-state index < -0.39 is 0 Å². The van der Waals surface area contributed by atoms with Crippen LogP contribution in [-0.2, 0) is 4.79 Å². The summed E-state index contributed by atoms with van der Waals surface area (Å²) in [7, 11) is 1.57. The molecule has 0 spiro atoms. The van der Waals surface area contributed by atoms with Crippen molar-refractivity contribution in [3.63, 3.8) is 0 Å². The maximum Gasteiger partial charge on any atom is 0.251 e. The molecular formula is C17H18ClN3O2. The van der Waals surface area contributed by atoms with Gasteiger partial charge >= 0.3 is 0 Å². The van der Waals surface area contributed by atoms with Gasteiger partial charge in [0.25, 0.3) is 5.91 Å². The molecule has 120 valence electrons. The van der Waals surface area contributed by atoms with E-state index >= 15 is 0 Å². The molecule has 5 nitrogen and oxygen atoms in total. The Morgan fingerprint density at radius 2 is 1.87 bits per heavy atom. The molecule has 23 heavy (non-hydrogen) atoms. The van der Waals surface area contributed by atoms with Gasteiger partial charge in [-0.15, -0.1) is 0 Å². The van der Waals surface area contributed by atoms with E-state index in [0.29, 0.717) is 22.0 Å². The minimum absolute atomic E-state index is 0.0860. The van der Waals surface area contributed by atoms with Gasteiger partial charge in [0.2, 0.25) is 5.91 Å². The molecule has 0 radical (unpaired) electrons. The van der Waals surface area contributed by atoms with Crippen molar-refractivity contribution >= 4 is 34.8 Å². The highest BCUT2D eigenvalue weighted by Gasteiger charge is 2.06. The van der Waals surface area contributed by atoms with Gasteiger partial charge in [0, 0.05) is 29.0 Å². The number of carbonyl (C=O) groups is 2. The Kier molecular flexibility index (Phi) is 5.60. The van der Waals surface area contributed by atoms with Crippen LogP contribution in [0.3, 0.4) is 0 Å². The first kappa shape index (κ1) is 16.8. The van der Waals surface area contributed by atoms with Gasteiger partial charge in [-0.05, 0) is 42.8 Å². The standard InChI is InChI=1S/C17H18ClN3O2/c1-11-6-7-14(9-15(11)18)21-16(22)10-20-13-5-3-4-12(8-13)17(23)19-2/h3-9,20H,10H2,1-2H3,(H,19,23)(H,21,22). The molecule has 0 heterocycles. The van der Waals surface area contributed by atoms with Gasteiger partial charge in [-0.3, -0.25) is 9.59 Å². The fraction of sp³-hybridized carbons (Fsp3) is 0.176. The van der Waals surface area contributed by atoms with E-state index in [4.69, 9.17) is 11.6 Å². The number of carbonyl (C=O) groups excluding carboxylic acids is 2. The molecule has 0 aliphatic heterocycles. The number of rotatable bonds is 5. The lowest BCUT2D eigenvalue weighted by Gasteiger charge is -2.09. The maximum atomic E-state index is 12.0. The number of benzene rings is 2. The first-order valence-electron chi connectivity index (χ1n) is 7.11. The van der Waals surface area contributed by atoms with Crippen LogP contribution in [-0.4, -0.2) is 25.4 Å². The zero-order valence-electron chi connectivity index (χ0n) is 12.9. The molecule has 0 saturated carbocycles. The number of nitrogens with one attached hydrogen (secondary N) is 3. The van der Waals surface area contributed by atoms with Crippen molar-refractivity contribution in [2.75, 3.05) is 24.2 Å². The molecule has 6 heteroatoms. The lowest BCUT2D eigenvalue weighted by atomic mass is 10.2. The molecule has 0 unspecified atom stereocenters. The predicted octanol–water partition coefficient (Wildman–Crippen LogP) is 3.06. The Labute approximate surface area is 140 Å². The van der Waals surface area contributed by atoms with Crippen molar-refractivity contribution in [2.24, 2.45) is 0 Å². The molecular weight excluding hydrogens is 314 g/mol. The molecule has 2 aromatic carbocycles. The monoisotopic (exact) mass is 331 g/mol. The highest BCUT2D eigenvalue weighted by atomic mass is 35.5. The fourth-order valence-electron chi connectivity index (χ4n) is 1.97. The van der Waals surface area contributed by atoms with E-state index in [1.54, 1.807) is 43.4 Å². The van der Waals surface area contributed by atoms with E-state index in [1.807, 2.05) is 13.0 Å². The van der Waals surface area contributed by atoms with Crippen molar-refractivity contribution < 1.29 is 9.59 Å². The van der Waals surface area contributed by atoms with Gasteiger partial charge in [-0.1, -0.05) is 23.7 Å². The van der Waals surface area contributed by atoms with Crippen LogP contribution < -0.4 is 16.0 Å². The van der Waals surface area contributed by atoms with E-state index in [-0.39, 0.29) is 18.4 Å². The van der Waals surface area contributed by atoms with Gasteiger partial charge in [-0.25, -0.2) is 0 Å². The maximum absolute atomic E-state index is 12.0. The Bertz CT molecular complexity index is 732. The van der Waals surface area contributed by atoms with Crippen molar-refractivity contribution in [2.45, 2.75) is 6.92 Å². The predicted molar refractivity (Wildman–Crippen MR) is 93.1 cm³/mol. The Morgan fingerprint density at radius 3 is 2.57 bits per heavy atom. The van der Waals surface area contributed by atoms with Gasteiger partial charge < -0.3 is 16.0 Å². The summed E-state index contributed by atoms with van der Waals surface area (Å²) in [4.78, 5) is 23.5. The van der Waals surface area contributed by atoms with Crippen LogP contribution in [0.25, 0.3) is 0 Å². The van der Waals surface area contributed by atoms with Crippen molar-refractivity contribution in [1.29, 1.82) is 0 Å². The Morgan fingerprint density at radius 1 is 1.09 bits per heavy atom. The lowest BCUT2D eigenvalue weighted by Crippen LogP contribution is -2.22. The highest BCUT2D eigenvalue weighted by Crippen LogP contribution is 2.19. The van der Waals surface area contributed by atoms with Crippen molar-refractivity contribution in [1.82, 2.24) is 5.32 Å². The number of amides is 2. The molecule has 2 aromatic rings. The zero-order chi connectivity index (χ0) is 16.8. The van der Waals surface area contributed by atoms with Crippen LogP contribution in [0.15, 0.2) is 42.5 Å². The third-order valence-electron chi connectivity index (χ3n) is 3.26. The first-order valence-corrected chi connectivity index (χ1v) is 7.49. The summed E-state index contributed by atoms with van der Waals surface area (Å²) in [5, 5.41) is 8.91.